The van der Waals surface area contributed by atoms with Gasteiger partial charge in [-0.1, -0.05) is 31.9 Å². The summed E-state index contributed by atoms with van der Waals surface area (Å²) in [6, 6.07) is 5.12. The minimum Gasteiger partial charge on any atom is -0.431 e. The predicted octanol–water partition coefficient (Wildman–Crippen LogP) is 5.06. The lowest BCUT2D eigenvalue weighted by atomic mass is 10.2. The van der Waals surface area contributed by atoms with Crippen LogP contribution in [0.3, 0.4) is 0 Å². The third-order valence-electron chi connectivity index (χ3n) is 2.86. The van der Waals surface area contributed by atoms with Crippen molar-refractivity contribution in [2.24, 2.45) is 0 Å². The molecule has 0 amide bonds. The van der Waals surface area contributed by atoms with Crippen LogP contribution in [0, 0.1) is 24.0 Å². The summed E-state index contributed by atoms with van der Waals surface area (Å²) < 4.78 is 6.34. The number of nitrogens with zero attached hydrogens (tertiary/aromatic N) is 2. The average Bonchev–Trinajstić information content (AvgIpc) is 2.42. The van der Waals surface area contributed by atoms with Gasteiger partial charge in [-0.15, -0.1) is 0 Å². The van der Waals surface area contributed by atoms with Crippen molar-refractivity contribution in [1.82, 2.24) is 4.98 Å². The summed E-state index contributed by atoms with van der Waals surface area (Å²) in [5.74, 6) is 0.582. The summed E-state index contributed by atoms with van der Waals surface area (Å²) in [5.41, 5.74) is 2.42. The minimum atomic E-state index is -0.463. The van der Waals surface area contributed by atoms with E-state index in [1.807, 2.05) is 13.0 Å². The summed E-state index contributed by atoms with van der Waals surface area (Å²) in [5, 5.41) is 11.9. The van der Waals surface area contributed by atoms with E-state index in [1.165, 1.54) is 6.07 Å². The number of aryl methyl sites for hydroxylation is 2. The summed E-state index contributed by atoms with van der Waals surface area (Å²) in [6.07, 6.45) is 1.68. The fourth-order valence-electron chi connectivity index (χ4n) is 1.88. The van der Waals surface area contributed by atoms with E-state index in [0.717, 1.165) is 11.1 Å². The molecule has 0 N–H and O–H groups in total. The van der Waals surface area contributed by atoms with Gasteiger partial charge in [-0.2, -0.15) is 0 Å². The number of benzene rings is 1. The minimum absolute atomic E-state index is 0.0901. The van der Waals surface area contributed by atoms with Crippen LogP contribution in [0.5, 0.6) is 11.6 Å². The van der Waals surface area contributed by atoms with E-state index in [0.29, 0.717) is 21.2 Å². The number of halogens is 2. The van der Waals surface area contributed by atoms with Crippen LogP contribution in [0.2, 0.25) is 0 Å². The molecule has 0 atom stereocenters. The predicted molar refractivity (Wildman–Crippen MR) is 87.2 cm³/mol. The van der Waals surface area contributed by atoms with Gasteiger partial charge in [0.1, 0.15) is 0 Å². The molecule has 0 saturated heterocycles. The normalized spacial score (nSPS) is 10.5. The highest BCUT2D eigenvalue weighted by Crippen LogP contribution is 2.37. The molecule has 0 spiro atoms. The van der Waals surface area contributed by atoms with Gasteiger partial charge in [0.2, 0.25) is 11.6 Å². The van der Waals surface area contributed by atoms with E-state index in [1.54, 1.807) is 19.2 Å². The zero-order valence-electron chi connectivity index (χ0n) is 11.4. The average molecular weight is 416 g/mol. The van der Waals surface area contributed by atoms with Crippen LogP contribution in [0.1, 0.15) is 16.7 Å². The first-order chi connectivity index (χ1) is 9.92. The SMILES string of the molecule is Cc1cc(CBr)cnc1Oc1c(C)cc(Br)cc1[N+](=O)[O-]. The number of alkyl halides is 1. The first-order valence-corrected chi connectivity index (χ1v) is 7.97. The maximum atomic E-state index is 11.2. The number of pyridine rings is 1. The van der Waals surface area contributed by atoms with Crippen molar-refractivity contribution in [1.29, 1.82) is 0 Å². The monoisotopic (exact) mass is 414 g/mol. The molecule has 1 heterocycles. The highest BCUT2D eigenvalue weighted by Gasteiger charge is 2.20. The molecule has 0 aliphatic heterocycles. The molecule has 0 fully saturated rings. The third-order valence-corrected chi connectivity index (χ3v) is 3.96. The van der Waals surface area contributed by atoms with E-state index < -0.39 is 4.92 Å². The van der Waals surface area contributed by atoms with Crippen LogP contribution < -0.4 is 4.74 Å². The Bertz CT molecular complexity index is 705. The Morgan fingerprint density at radius 2 is 2.00 bits per heavy atom. The Labute approximate surface area is 138 Å². The number of nitro benzene ring substituents is 1. The van der Waals surface area contributed by atoms with E-state index in [4.69, 9.17) is 4.74 Å². The molecular formula is C14H12Br2N2O3. The Hall–Kier alpha value is -1.47. The standard InChI is InChI=1S/C14H12Br2N2O3/c1-8-4-11(16)5-12(18(19)20)13(8)21-14-9(2)3-10(6-15)7-17-14/h3-5,7H,6H2,1-2H3. The Balaban J connectivity index is 2.46. The molecule has 7 heteroatoms. The fraction of sp³-hybridized carbons (Fsp3) is 0.214. The van der Waals surface area contributed by atoms with Crippen LogP contribution in [0.25, 0.3) is 0 Å². The fourth-order valence-corrected chi connectivity index (χ4v) is 2.74. The van der Waals surface area contributed by atoms with Gasteiger partial charge in [0, 0.05) is 33.2 Å². The molecule has 5 nitrogen and oxygen atoms in total. The van der Waals surface area contributed by atoms with Crippen LogP contribution in [-0.2, 0) is 5.33 Å². The topological polar surface area (TPSA) is 65.3 Å². The first-order valence-electron chi connectivity index (χ1n) is 6.06. The number of ether oxygens (including phenoxy) is 1. The van der Waals surface area contributed by atoms with E-state index >= 15 is 0 Å². The molecule has 21 heavy (non-hydrogen) atoms. The molecule has 0 saturated carbocycles. The molecule has 1 aromatic heterocycles. The first kappa shape index (κ1) is 15.9. The second-order valence-electron chi connectivity index (χ2n) is 4.53. The molecule has 2 rings (SSSR count). The smallest absolute Gasteiger partial charge is 0.313 e. The van der Waals surface area contributed by atoms with Crippen molar-refractivity contribution in [2.45, 2.75) is 19.2 Å². The Morgan fingerprint density at radius 3 is 2.57 bits per heavy atom. The van der Waals surface area contributed by atoms with Gasteiger partial charge in [0.05, 0.1) is 4.92 Å². The van der Waals surface area contributed by atoms with Gasteiger partial charge >= 0.3 is 5.69 Å². The number of aromatic nitrogens is 1. The lowest BCUT2D eigenvalue weighted by Crippen LogP contribution is -1.99. The van der Waals surface area contributed by atoms with Crippen molar-refractivity contribution in [3.63, 3.8) is 0 Å². The maximum Gasteiger partial charge on any atom is 0.313 e. The van der Waals surface area contributed by atoms with E-state index in [9.17, 15) is 10.1 Å². The lowest BCUT2D eigenvalue weighted by Gasteiger charge is -2.11. The largest absolute Gasteiger partial charge is 0.431 e. The van der Waals surface area contributed by atoms with Gasteiger partial charge < -0.3 is 4.74 Å². The second-order valence-corrected chi connectivity index (χ2v) is 6.01. The maximum absolute atomic E-state index is 11.2. The summed E-state index contributed by atoms with van der Waals surface area (Å²) >= 11 is 6.61. The highest BCUT2D eigenvalue weighted by molar-refractivity contribution is 9.10. The quantitative estimate of drug-likeness (QED) is 0.397. The number of nitro groups is 1. The summed E-state index contributed by atoms with van der Waals surface area (Å²) in [7, 11) is 0. The molecular weight excluding hydrogens is 404 g/mol. The van der Waals surface area contributed by atoms with Gasteiger partial charge in [-0.25, -0.2) is 4.98 Å². The van der Waals surface area contributed by atoms with Crippen LogP contribution in [-0.4, -0.2) is 9.91 Å². The highest BCUT2D eigenvalue weighted by atomic mass is 79.9. The lowest BCUT2D eigenvalue weighted by molar-refractivity contribution is -0.385. The third kappa shape index (κ3) is 3.59. The van der Waals surface area contributed by atoms with E-state index in [-0.39, 0.29) is 11.4 Å². The van der Waals surface area contributed by atoms with Gasteiger partial charge in [0.25, 0.3) is 0 Å². The molecule has 0 bridgehead atoms. The van der Waals surface area contributed by atoms with Crippen molar-refractivity contribution < 1.29 is 9.66 Å². The Morgan fingerprint density at radius 1 is 1.29 bits per heavy atom. The van der Waals surface area contributed by atoms with Gasteiger partial charge in [-0.05, 0) is 31.5 Å². The van der Waals surface area contributed by atoms with Crippen LogP contribution >= 0.6 is 31.9 Å². The van der Waals surface area contributed by atoms with Gasteiger partial charge in [-0.3, -0.25) is 10.1 Å². The molecule has 0 aliphatic carbocycles. The van der Waals surface area contributed by atoms with Crippen LogP contribution in [0.15, 0.2) is 28.9 Å². The number of hydrogen-bond acceptors (Lipinski definition) is 4. The van der Waals surface area contributed by atoms with E-state index in [2.05, 4.69) is 36.8 Å². The van der Waals surface area contributed by atoms with Crippen LogP contribution in [0.4, 0.5) is 5.69 Å². The second kappa shape index (κ2) is 6.53. The Kier molecular flexibility index (Phi) is 4.95. The summed E-state index contributed by atoms with van der Waals surface area (Å²) in [4.78, 5) is 14.9. The molecule has 0 unspecified atom stereocenters. The summed E-state index contributed by atoms with van der Waals surface area (Å²) in [6.45, 7) is 3.61. The molecule has 0 radical (unpaired) electrons. The number of rotatable bonds is 4. The van der Waals surface area contributed by atoms with Crippen molar-refractivity contribution in [3.05, 3.63) is 55.7 Å². The van der Waals surface area contributed by atoms with Crippen molar-refractivity contribution in [2.75, 3.05) is 0 Å². The molecule has 110 valence electrons. The number of hydrogen-bond donors (Lipinski definition) is 0. The zero-order chi connectivity index (χ0) is 15.6. The van der Waals surface area contributed by atoms with Gasteiger partial charge in [0.15, 0.2) is 0 Å². The molecule has 0 aliphatic rings. The van der Waals surface area contributed by atoms with Crippen molar-refractivity contribution in [3.8, 4) is 11.6 Å². The molecule has 1 aromatic carbocycles. The molecule has 2 aromatic rings. The zero-order valence-corrected chi connectivity index (χ0v) is 14.6. The van der Waals surface area contributed by atoms with Crippen molar-refractivity contribution >= 4 is 37.5 Å².